The van der Waals surface area contributed by atoms with Crippen LogP contribution in [-0.4, -0.2) is 32.2 Å². The third-order valence-electron chi connectivity index (χ3n) is 4.08. The molecule has 0 saturated carbocycles. The summed E-state index contributed by atoms with van der Waals surface area (Å²) in [7, 11) is 0. The first-order chi connectivity index (χ1) is 12.7. The summed E-state index contributed by atoms with van der Waals surface area (Å²) in [4.78, 5) is 21.3. The number of carbonyl (C=O) groups excluding carboxylic acids is 1. The molecule has 0 fully saturated rings. The van der Waals surface area contributed by atoms with Crippen molar-refractivity contribution in [1.82, 2.24) is 25.1 Å². The lowest BCUT2D eigenvalue weighted by Crippen LogP contribution is -2.25. The molecule has 0 aliphatic rings. The second-order valence-electron chi connectivity index (χ2n) is 6.05. The second-order valence-corrected chi connectivity index (χ2v) is 7.00. The van der Waals surface area contributed by atoms with E-state index in [0.717, 1.165) is 36.5 Å². The first kappa shape index (κ1) is 18.3. The van der Waals surface area contributed by atoms with E-state index in [1.165, 1.54) is 5.01 Å². The van der Waals surface area contributed by atoms with E-state index in [-0.39, 0.29) is 5.91 Å². The van der Waals surface area contributed by atoms with Gasteiger partial charge in [0.1, 0.15) is 0 Å². The van der Waals surface area contributed by atoms with Crippen LogP contribution in [0.5, 0.6) is 0 Å². The molecule has 3 heterocycles. The summed E-state index contributed by atoms with van der Waals surface area (Å²) in [5, 5.41) is 10.6. The molecule has 0 atom stereocenters. The van der Waals surface area contributed by atoms with Crippen molar-refractivity contribution in [2.45, 2.75) is 39.5 Å². The lowest BCUT2D eigenvalue weighted by atomic mass is 10.2. The second kappa shape index (κ2) is 8.71. The number of hydrogen-bond donors (Lipinski definition) is 1. The van der Waals surface area contributed by atoms with Crippen molar-refractivity contribution in [3.63, 3.8) is 0 Å². The van der Waals surface area contributed by atoms with Gasteiger partial charge in [0.2, 0.25) is 0 Å². The molecule has 0 saturated heterocycles. The van der Waals surface area contributed by atoms with Crippen molar-refractivity contribution in [1.29, 1.82) is 0 Å². The number of pyridine rings is 1. The number of carbonyl (C=O) groups is 1. The third-order valence-corrected chi connectivity index (χ3v) is 5.11. The van der Waals surface area contributed by atoms with E-state index < -0.39 is 0 Å². The zero-order valence-corrected chi connectivity index (χ0v) is 15.9. The lowest BCUT2D eigenvalue weighted by Gasteiger charge is -2.07. The SMILES string of the molecule is CCc1c(C(=O)NCCCCc2nc(C)cs2)cnn1-c1ccccn1. The molecule has 7 heteroatoms. The highest BCUT2D eigenvalue weighted by atomic mass is 32.1. The molecule has 6 nitrogen and oxygen atoms in total. The topological polar surface area (TPSA) is 72.7 Å². The highest BCUT2D eigenvalue weighted by Crippen LogP contribution is 2.14. The quantitative estimate of drug-likeness (QED) is 0.618. The summed E-state index contributed by atoms with van der Waals surface area (Å²) in [6.45, 7) is 4.68. The van der Waals surface area contributed by atoms with Crippen molar-refractivity contribution in [3.05, 3.63) is 57.9 Å². The molecule has 3 aromatic rings. The maximum absolute atomic E-state index is 12.5. The van der Waals surface area contributed by atoms with Crippen LogP contribution in [0.2, 0.25) is 0 Å². The lowest BCUT2D eigenvalue weighted by molar-refractivity contribution is 0.0952. The molecule has 0 bridgehead atoms. The summed E-state index contributed by atoms with van der Waals surface area (Å²) >= 11 is 1.70. The predicted octanol–water partition coefficient (Wildman–Crippen LogP) is 3.35. The largest absolute Gasteiger partial charge is 0.352 e. The van der Waals surface area contributed by atoms with Crippen LogP contribution in [0.4, 0.5) is 0 Å². The van der Waals surface area contributed by atoms with E-state index in [9.17, 15) is 4.79 Å². The zero-order valence-electron chi connectivity index (χ0n) is 15.1. The molecule has 26 heavy (non-hydrogen) atoms. The summed E-state index contributed by atoms with van der Waals surface area (Å²) in [6.07, 6.45) is 6.97. The molecule has 0 spiro atoms. The Kier molecular flexibility index (Phi) is 6.12. The number of unbranched alkanes of at least 4 members (excludes halogenated alkanes) is 1. The molecule has 0 aliphatic heterocycles. The van der Waals surface area contributed by atoms with Crippen molar-refractivity contribution < 1.29 is 4.79 Å². The number of nitrogens with zero attached hydrogens (tertiary/aromatic N) is 4. The zero-order chi connectivity index (χ0) is 18.4. The molecule has 0 aromatic carbocycles. The number of thiazole rings is 1. The van der Waals surface area contributed by atoms with Gasteiger partial charge < -0.3 is 5.32 Å². The Morgan fingerprint density at radius 3 is 2.88 bits per heavy atom. The molecule has 0 aliphatic carbocycles. The van der Waals surface area contributed by atoms with Gasteiger partial charge in [-0.05, 0) is 44.7 Å². The van der Waals surface area contributed by atoms with Crippen molar-refractivity contribution in [2.24, 2.45) is 0 Å². The summed E-state index contributed by atoms with van der Waals surface area (Å²) in [6, 6.07) is 5.65. The molecule has 136 valence electrons. The number of amides is 1. The number of aryl methyl sites for hydroxylation is 2. The van der Waals surface area contributed by atoms with Crippen molar-refractivity contribution in [2.75, 3.05) is 6.54 Å². The van der Waals surface area contributed by atoms with Gasteiger partial charge in [0.05, 0.1) is 22.5 Å². The van der Waals surface area contributed by atoms with Crippen LogP contribution in [0, 0.1) is 6.92 Å². The smallest absolute Gasteiger partial charge is 0.254 e. The van der Waals surface area contributed by atoms with E-state index in [0.29, 0.717) is 18.5 Å². The number of hydrogen-bond acceptors (Lipinski definition) is 5. The summed E-state index contributed by atoms with van der Waals surface area (Å²) < 4.78 is 1.74. The maximum Gasteiger partial charge on any atom is 0.254 e. The third kappa shape index (κ3) is 4.35. The molecule has 1 N–H and O–H groups in total. The van der Waals surface area contributed by atoms with E-state index in [4.69, 9.17) is 0 Å². The molecular formula is C19H23N5OS. The molecule has 0 unspecified atom stereocenters. The molecule has 1 amide bonds. The highest BCUT2D eigenvalue weighted by molar-refractivity contribution is 7.09. The Bertz CT molecular complexity index is 856. The monoisotopic (exact) mass is 369 g/mol. The average Bonchev–Trinajstić information content (AvgIpc) is 3.28. The Morgan fingerprint density at radius 1 is 1.31 bits per heavy atom. The van der Waals surface area contributed by atoms with Gasteiger partial charge in [-0.3, -0.25) is 4.79 Å². The molecule has 3 aromatic heterocycles. The van der Waals surface area contributed by atoms with Gasteiger partial charge in [-0.15, -0.1) is 11.3 Å². The first-order valence-corrected chi connectivity index (χ1v) is 9.74. The fraction of sp³-hybridized carbons (Fsp3) is 0.368. The number of nitrogens with one attached hydrogen (secondary N) is 1. The fourth-order valence-electron chi connectivity index (χ4n) is 2.80. The van der Waals surface area contributed by atoms with Gasteiger partial charge in [-0.1, -0.05) is 13.0 Å². The average molecular weight is 369 g/mol. The van der Waals surface area contributed by atoms with Gasteiger partial charge in [-0.25, -0.2) is 14.6 Å². The van der Waals surface area contributed by atoms with Crippen LogP contribution in [0.25, 0.3) is 5.82 Å². The van der Waals surface area contributed by atoms with E-state index in [1.807, 2.05) is 32.0 Å². The van der Waals surface area contributed by atoms with E-state index in [2.05, 4.69) is 25.8 Å². The summed E-state index contributed by atoms with van der Waals surface area (Å²) in [5.41, 5.74) is 2.57. The van der Waals surface area contributed by atoms with Crippen molar-refractivity contribution in [3.8, 4) is 5.82 Å². The number of aromatic nitrogens is 4. The standard InChI is InChI=1S/C19H23N5OS/c1-3-16-15(12-22-24(16)17-8-4-6-10-20-17)19(25)21-11-7-5-9-18-23-14(2)13-26-18/h4,6,8,10,12-13H,3,5,7,9,11H2,1-2H3,(H,21,25). The predicted molar refractivity (Wildman–Crippen MR) is 103 cm³/mol. The van der Waals surface area contributed by atoms with E-state index >= 15 is 0 Å². The van der Waals surface area contributed by atoms with Gasteiger partial charge in [0, 0.05) is 23.8 Å². The normalized spacial score (nSPS) is 10.8. The van der Waals surface area contributed by atoms with Crippen LogP contribution in [-0.2, 0) is 12.8 Å². The Hall–Kier alpha value is -2.54. The number of rotatable bonds is 8. The molecular weight excluding hydrogens is 346 g/mol. The van der Waals surface area contributed by atoms with Crippen LogP contribution < -0.4 is 5.32 Å². The van der Waals surface area contributed by atoms with Gasteiger partial charge in [-0.2, -0.15) is 5.10 Å². The Morgan fingerprint density at radius 2 is 2.19 bits per heavy atom. The minimum atomic E-state index is -0.0749. The van der Waals surface area contributed by atoms with E-state index in [1.54, 1.807) is 28.4 Å². The van der Waals surface area contributed by atoms with Gasteiger partial charge >= 0.3 is 0 Å². The van der Waals surface area contributed by atoms with Crippen molar-refractivity contribution >= 4 is 17.2 Å². The van der Waals surface area contributed by atoms with Crippen LogP contribution in [0.15, 0.2) is 36.0 Å². The van der Waals surface area contributed by atoms with Crippen LogP contribution >= 0.6 is 11.3 Å². The minimum absolute atomic E-state index is 0.0749. The Labute approximate surface area is 157 Å². The van der Waals surface area contributed by atoms with Gasteiger partial charge in [0.15, 0.2) is 5.82 Å². The maximum atomic E-state index is 12.5. The minimum Gasteiger partial charge on any atom is -0.352 e. The fourth-order valence-corrected chi connectivity index (χ4v) is 3.61. The molecule has 0 radical (unpaired) electrons. The van der Waals surface area contributed by atoms with Crippen LogP contribution in [0.3, 0.4) is 0 Å². The summed E-state index contributed by atoms with van der Waals surface area (Å²) in [5.74, 6) is 0.649. The first-order valence-electron chi connectivity index (χ1n) is 8.86. The van der Waals surface area contributed by atoms with Crippen LogP contribution in [0.1, 0.15) is 46.5 Å². The molecule has 3 rings (SSSR count). The highest BCUT2D eigenvalue weighted by Gasteiger charge is 2.17. The Balaban J connectivity index is 1.54. The van der Waals surface area contributed by atoms with Gasteiger partial charge in [0.25, 0.3) is 5.91 Å².